The Morgan fingerprint density at radius 3 is 2.52 bits per heavy atom. The van der Waals surface area contributed by atoms with Crippen molar-refractivity contribution in [2.45, 2.75) is 39.5 Å². The number of carbonyl (C=O) groups excluding carboxylic acids is 1. The second-order valence-electron chi connectivity index (χ2n) is 7.87. The van der Waals surface area contributed by atoms with Gasteiger partial charge in [-0.2, -0.15) is 0 Å². The highest BCUT2D eigenvalue weighted by atomic mass is 79.9. The Morgan fingerprint density at radius 1 is 1.14 bits per heavy atom. The van der Waals surface area contributed by atoms with E-state index in [9.17, 15) is 4.79 Å². The number of ether oxygens (including phenoxy) is 1. The zero-order chi connectivity index (χ0) is 21.0. The van der Waals surface area contributed by atoms with E-state index in [0.717, 1.165) is 32.2 Å². The largest absolute Gasteiger partial charge is 0.445 e. The second kappa shape index (κ2) is 8.69. The quantitative estimate of drug-likeness (QED) is 0.489. The Hall–Kier alpha value is -2.80. The molecule has 0 saturated carbocycles. The third-order valence-electron chi connectivity index (χ3n) is 4.20. The van der Waals surface area contributed by atoms with E-state index in [4.69, 9.17) is 10.5 Å². The lowest BCUT2D eigenvalue weighted by molar-refractivity contribution is 0.131. The molecule has 29 heavy (non-hydrogen) atoms. The van der Waals surface area contributed by atoms with Gasteiger partial charge in [-0.05, 0) is 50.1 Å². The summed E-state index contributed by atoms with van der Waals surface area (Å²) in [5.41, 5.74) is 10.2. The molecule has 152 valence electrons. The standard InChI is InChI=1S/C22H25BrN4O2/c1-22(2,3)27-21(28)29-13-15-6-4-14(5-7-15)11-26-20-17-9-8-16(23)10-19(17)25-12-18(20)24/h4-10,12H,11,13,24H2,1-3H3,(H,25,26)(H,27,28). The minimum absolute atomic E-state index is 0.229. The number of nitrogen functional groups attached to an aromatic ring is 1. The number of hydrogen-bond acceptors (Lipinski definition) is 5. The molecule has 0 aliphatic heterocycles. The highest BCUT2D eigenvalue weighted by molar-refractivity contribution is 9.10. The SMILES string of the molecule is CC(C)(C)NC(=O)OCc1ccc(CNc2c(N)cnc3cc(Br)ccc23)cc1. The molecular formula is C22H25BrN4O2. The molecular weight excluding hydrogens is 432 g/mol. The number of nitrogens with one attached hydrogen (secondary N) is 2. The monoisotopic (exact) mass is 456 g/mol. The second-order valence-corrected chi connectivity index (χ2v) is 8.79. The Morgan fingerprint density at radius 2 is 1.83 bits per heavy atom. The molecule has 6 nitrogen and oxygen atoms in total. The van der Waals surface area contributed by atoms with Crippen molar-refractivity contribution in [3.8, 4) is 0 Å². The van der Waals surface area contributed by atoms with Crippen LogP contribution in [0.4, 0.5) is 16.2 Å². The normalized spacial score (nSPS) is 11.3. The van der Waals surface area contributed by atoms with E-state index in [-0.39, 0.29) is 12.1 Å². The first kappa shape index (κ1) is 20.9. The Balaban J connectivity index is 1.62. The molecule has 1 heterocycles. The van der Waals surface area contributed by atoms with Gasteiger partial charge in [0.25, 0.3) is 0 Å². The Bertz CT molecular complexity index is 1010. The molecule has 4 N–H and O–H groups in total. The number of halogens is 1. The van der Waals surface area contributed by atoms with Crippen molar-refractivity contribution in [1.82, 2.24) is 10.3 Å². The van der Waals surface area contributed by atoms with E-state index >= 15 is 0 Å². The van der Waals surface area contributed by atoms with Crippen molar-refractivity contribution in [2.24, 2.45) is 0 Å². The van der Waals surface area contributed by atoms with Crippen molar-refractivity contribution >= 4 is 44.3 Å². The van der Waals surface area contributed by atoms with Crippen LogP contribution in [0.2, 0.25) is 0 Å². The molecule has 0 bridgehead atoms. The number of carbonyl (C=O) groups is 1. The summed E-state index contributed by atoms with van der Waals surface area (Å²) >= 11 is 3.47. The molecule has 2 aromatic carbocycles. The Labute approximate surface area is 179 Å². The van der Waals surface area contributed by atoms with Crippen molar-refractivity contribution in [3.63, 3.8) is 0 Å². The average Bonchev–Trinajstić information content (AvgIpc) is 2.65. The van der Waals surface area contributed by atoms with Crippen LogP contribution in [0.3, 0.4) is 0 Å². The van der Waals surface area contributed by atoms with Crippen LogP contribution >= 0.6 is 15.9 Å². The molecule has 1 aromatic heterocycles. The molecule has 0 fully saturated rings. The van der Waals surface area contributed by atoms with Gasteiger partial charge in [-0.25, -0.2) is 4.79 Å². The third-order valence-corrected chi connectivity index (χ3v) is 4.69. The van der Waals surface area contributed by atoms with Crippen LogP contribution in [0.15, 0.2) is 53.1 Å². The van der Waals surface area contributed by atoms with Gasteiger partial charge < -0.3 is 21.1 Å². The van der Waals surface area contributed by atoms with Gasteiger partial charge >= 0.3 is 6.09 Å². The van der Waals surface area contributed by atoms with E-state index in [1.165, 1.54) is 0 Å². The highest BCUT2D eigenvalue weighted by Crippen LogP contribution is 2.30. The number of benzene rings is 2. The van der Waals surface area contributed by atoms with Gasteiger partial charge in [0.05, 0.1) is 23.1 Å². The molecule has 3 aromatic rings. The predicted octanol–water partition coefficient (Wildman–Crippen LogP) is 5.22. The summed E-state index contributed by atoms with van der Waals surface area (Å²) in [6.07, 6.45) is 1.25. The minimum Gasteiger partial charge on any atom is -0.445 e. The number of hydrogen-bond donors (Lipinski definition) is 3. The van der Waals surface area contributed by atoms with Crippen LogP contribution in [0.5, 0.6) is 0 Å². The number of rotatable bonds is 5. The van der Waals surface area contributed by atoms with E-state index in [1.807, 2.05) is 63.2 Å². The van der Waals surface area contributed by atoms with Gasteiger partial charge in [0.15, 0.2) is 0 Å². The van der Waals surface area contributed by atoms with Crippen LogP contribution in [0.1, 0.15) is 31.9 Å². The van der Waals surface area contributed by atoms with Crippen molar-refractivity contribution in [1.29, 1.82) is 0 Å². The summed E-state index contributed by atoms with van der Waals surface area (Å²) < 4.78 is 6.23. The molecule has 0 unspecified atom stereocenters. The summed E-state index contributed by atoms with van der Waals surface area (Å²) in [6.45, 7) is 6.58. The number of nitrogens with two attached hydrogens (primary N) is 1. The summed E-state index contributed by atoms with van der Waals surface area (Å²) in [5.74, 6) is 0. The number of aromatic nitrogens is 1. The molecule has 0 radical (unpaired) electrons. The summed E-state index contributed by atoms with van der Waals surface area (Å²) in [7, 11) is 0. The molecule has 0 aliphatic rings. The molecule has 0 spiro atoms. The van der Waals surface area contributed by atoms with Gasteiger partial charge in [-0.3, -0.25) is 4.98 Å². The fourth-order valence-corrected chi connectivity index (χ4v) is 3.16. The van der Waals surface area contributed by atoms with Gasteiger partial charge in [0, 0.05) is 21.9 Å². The summed E-state index contributed by atoms with van der Waals surface area (Å²) in [6, 6.07) is 13.8. The van der Waals surface area contributed by atoms with Crippen LogP contribution in [0.25, 0.3) is 10.9 Å². The number of alkyl carbamates (subject to hydrolysis) is 1. The zero-order valence-electron chi connectivity index (χ0n) is 16.8. The number of amides is 1. The fraction of sp³-hybridized carbons (Fsp3) is 0.273. The zero-order valence-corrected chi connectivity index (χ0v) is 18.3. The van der Waals surface area contributed by atoms with Crippen molar-refractivity contribution in [3.05, 3.63) is 64.3 Å². The lowest BCUT2D eigenvalue weighted by Gasteiger charge is -2.20. The number of fused-ring (bicyclic) bond motifs is 1. The topological polar surface area (TPSA) is 89.3 Å². The predicted molar refractivity (Wildman–Crippen MR) is 121 cm³/mol. The molecule has 0 aliphatic carbocycles. The smallest absolute Gasteiger partial charge is 0.407 e. The number of pyridine rings is 1. The number of nitrogens with zero attached hydrogens (tertiary/aromatic N) is 1. The first-order valence-corrected chi connectivity index (χ1v) is 10.1. The van der Waals surface area contributed by atoms with E-state index in [2.05, 4.69) is 31.5 Å². The van der Waals surface area contributed by atoms with Crippen LogP contribution in [-0.4, -0.2) is 16.6 Å². The maximum absolute atomic E-state index is 11.8. The lowest BCUT2D eigenvalue weighted by Crippen LogP contribution is -2.40. The van der Waals surface area contributed by atoms with Gasteiger partial charge in [-0.15, -0.1) is 0 Å². The average molecular weight is 457 g/mol. The highest BCUT2D eigenvalue weighted by Gasteiger charge is 2.14. The van der Waals surface area contributed by atoms with E-state index in [0.29, 0.717) is 12.2 Å². The molecule has 0 saturated heterocycles. The van der Waals surface area contributed by atoms with Crippen LogP contribution < -0.4 is 16.4 Å². The van der Waals surface area contributed by atoms with E-state index < -0.39 is 6.09 Å². The van der Waals surface area contributed by atoms with Crippen molar-refractivity contribution < 1.29 is 9.53 Å². The summed E-state index contributed by atoms with van der Waals surface area (Å²) in [5, 5.41) is 7.16. The molecule has 0 atom stereocenters. The lowest BCUT2D eigenvalue weighted by atomic mass is 10.1. The van der Waals surface area contributed by atoms with Gasteiger partial charge in [0.1, 0.15) is 6.61 Å². The maximum atomic E-state index is 11.8. The third kappa shape index (κ3) is 5.84. The molecule has 3 rings (SSSR count). The first-order valence-electron chi connectivity index (χ1n) is 9.32. The fourth-order valence-electron chi connectivity index (χ4n) is 2.81. The Kier molecular flexibility index (Phi) is 6.27. The number of anilines is 2. The van der Waals surface area contributed by atoms with Crippen LogP contribution in [0, 0.1) is 0 Å². The van der Waals surface area contributed by atoms with Gasteiger partial charge in [-0.1, -0.05) is 40.2 Å². The van der Waals surface area contributed by atoms with Gasteiger partial charge in [0.2, 0.25) is 0 Å². The van der Waals surface area contributed by atoms with Crippen LogP contribution in [-0.2, 0) is 17.9 Å². The van der Waals surface area contributed by atoms with E-state index in [1.54, 1.807) is 6.20 Å². The summed E-state index contributed by atoms with van der Waals surface area (Å²) in [4.78, 5) is 16.1. The van der Waals surface area contributed by atoms with Crippen molar-refractivity contribution in [2.75, 3.05) is 11.1 Å². The molecule has 1 amide bonds. The maximum Gasteiger partial charge on any atom is 0.407 e. The molecule has 7 heteroatoms. The minimum atomic E-state index is -0.421. The first-order chi connectivity index (χ1) is 13.7.